The van der Waals surface area contributed by atoms with Crippen LogP contribution in [0.4, 0.5) is 0 Å². The van der Waals surface area contributed by atoms with Crippen molar-refractivity contribution >= 4 is 0 Å². The summed E-state index contributed by atoms with van der Waals surface area (Å²) in [7, 11) is 1.64. The maximum atomic E-state index is 6.20. The topological polar surface area (TPSA) is 40.6 Å². The summed E-state index contributed by atoms with van der Waals surface area (Å²) < 4.78 is 17.3. The molecule has 1 saturated carbocycles. The van der Waals surface area contributed by atoms with Crippen LogP contribution >= 0.6 is 0 Å². The Bertz CT molecular complexity index is 1170. The molecule has 1 aliphatic rings. The van der Waals surface area contributed by atoms with E-state index in [1.807, 2.05) is 18.2 Å². The van der Waals surface area contributed by atoms with Crippen LogP contribution in [0.2, 0.25) is 0 Å². The lowest BCUT2D eigenvalue weighted by Gasteiger charge is -2.25. The van der Waals surface area contributed by atoms with Crippen LogP contribution in [-0.4, -0.2) is 18.9 Å². The Morgan fingerprint density at radius 2 is 1.77 bits per heavy atom. The summed E-state index contributed by atoms with van der Waals surface area (Å²) in [6.07, 6.45) is 5.14. The van der Waals surface area contributed by atoms with Gasteiger partial charge in [-0.25, -0.2) is 0 Å². The van der Waals surface area contributed by atoms with Crippen LogP contribution in [0.5, 0.6) is 11.5 Å². The van der Waals surface area contributed by atoms with E-state index in [2.05, 4.69) is 57.7 Å². The van der Waals surface area contributed by atoms with Gasteiger partial charge in [0.2, 0.25) is 0 Å². The van der Waals surface area contributed by atoms with Crippen molar-refractivity contribution in [2.45, 2.75) is 65.4 Å². The quantitative estimate of drug-likeness (QED) is 0.241. The van der Waals surface area contributed by atoms with Crippen LogP contribution < -0.4 is 9.47 Å². The van der Waals surface area contributed by atoms with Gasteiger partial charge in [-0.15, -0.1) is 0 Å². The summed E-state index contributed by atoms with van der Waals surface area (Å²) in [5.41, 5.74) is 9.56. The van der Waals surface area contributed by atoms with E-state index in [0.29, 0.717) is 12.5 Å². The van der Waals surface area contributed by atoms with Crippen LogP contribution in [-0.2, 0) is 17.8 Å². The highest BCUT2D eigenvalue weighted by molar-refractivity contribution is 5.49. The molecule has 1 fully saturated rings. The van der Waals surface area contributed by atoms with E-state index < -0.39 is 0 Å². The highest BCUT2D eigenvalue weighted by Gasteiger charge is 2.23. The van der Waals surface area contributed by atoms with Gasteiger partial charge in [-0.1, -0.05) is 42.5 Å². The first kappa shape index (κ1) is 25.0. The lowest BCUT2D eigenvalue weighted by molar-refractivity contribution is 0.0496. The number of hydrogen-bond donors (Lipinski definition) is 0. The third kappa shape index (κ3) is 6.12. The van der Waals surface area contributed by atoms with E-state index in [0.717, 1.165) is 55.0 Å². The van der Waals surface area contributed by atoms with Crippen LogP contribution in [0.1, 0.15) is 70.8 Å². The minimum atomic E-state index is 0.226. The van der Waals surface area contributed by atoms with Gasteiger partial charge in [-0.2, -0.15) is 0 Å². The third-order valence-electron chi connectivity index (χ3n) is 7.08. The van der Waals surface area contributed by atoms with Gasteiger partial charge in [0.15, 0.2) is 6.79 Å². The standard InChI is InChI=1S/C31H37NO3/c1-21-10-9-13-26(16-21)31-29(35-20-33-5)15-14-27(32-31)18-28-22(2)17-30(24(4)23(28)3)34-19-25-11-7-6-8-12-25/h6-8,11-12,14-15,17,26H,1,9-10,13,16,18-20H2,2-5H3. The summed E-state index contributed by atoms with van der Waals surface area (Å²) in [6, 6.07) is 16.6. The molecular formula is C31H37NO3. The van der Waals surface area contributed by atoms with E-state index in [1.165, 1.54) is 33.4 Å². The Morgan fingerprint density at radius 3 is 2.51 bits per heavy atom. The fourth-order valence-electron chi connectivity index (χ4n) is 4.96. The van der Waals surface area contributed by atoms with Crippen molar-refractivity contribution < 1.29 is 14.2 Å². The smallest absolute Gasteiger partial charge is 0.188 e. The number of hydrogen-bond acceptors (Lipinski definition) is 4. The number of rotatable bonds is 9. The Labute approximate surface area is 210 Å². The van der Waals surface area contributed by atoms with Crippen LogP contribution in [0, 0.1) is 20.8 Å². The molecule has 0 bridgehead atoms. The van der Waals surface area contributed by atoms with Crippen LogP contribution in [0.15, 0.2) is 60.7 Å². The summed E-state index contributed by atoms with van der Waals surface area (Å²) in [4.78, 5) is 5.14. The number of ether oxygens (including phenoxy) is 3. The fourth-order valence-corrected chi connectivity index (χ4v) is 4.96. The van der Waals surface area contributed by atoms with Crippen molar-refractivity contribution in [3.05, 3.63) is 99.9 Å². The predicted octanol–water partition coefficient (Wildman–Crippen LogP) is 7.37. The molecule has 1 aliphatic carbocycles. The van der Waals surface area contributed by atoms with Crippen LogP contribution in [0.25, 0.3) is 0 Å². The zero-order valence-electron chi connectivity index (χ0n) is 21.5. The van der Waals surface area contributed by atoms with Gasteiger partial charge >= 0.3 is 0 Å². The number of pyridine rings is 1. The van der Waals surface area contributed by atoms with Gasteiger partial charge in [0, 0.05) is 25.1 Å². The predicted molar refractivity (Wildman–Crippen MR) is 141 cm³/mol. The molecule has 0 N–H and O–H groups in total. The zero-order chi connectivity index (χ0) is 24.8. The second-order valence-corrected chi connectivity index (χ2v) is 9.65. The molecule has 1 heterocycles. The molecule has 2 aromatic carbocycles. The molecule has 4 heteroatoms. The summed E-state index contributed by atoms with van der Waals surface area (Å²) in [5, 5.41) is 0. The largest absolute Gasteiger partial charge is 0.489 e. The lowest BCUT2D eigenvalue weighted by Crippen LogP contribution is -2.13. The number of methoxy groups -OCH3 is 1. The first-order valence-corrected chi connectivity index (χ1v) is 12.5. The van der Waals surface area contributed by atoms with Crippen molar-refractivity contribution in [1.29, 1.82) is 0 Å². The van der Waals surface area contributed by atoms with Gasteiger partial charge in [-0.3, -0.25) is 4.98 Å². The molecule has 1 unspecified atom stereocenters. The average molecular weight is 472 g/mol. The third-order valence-corrected chi connectivity index (χ3v) is 7.08. The van der Waals surface area contributed by atoms with E-state index in [4.69, 9.17) is 19.2 Å². The molecule has 1 atom stereocenters. The Hall–Kier alpha value is -3.11. The minimum Gasteiger partial charge on any atom is -0.489 e. The monoisotopic (exact) mass is 471 g/mol. The normalized spacial score (nSPS) is 15.8. The highest BCUT2D eigenvalue weighted by Crippen LogP contribution is 2.39. The maximum Gasteiger partial charge on any atom is 0.188 e. The molecule has 4 rings (SSSR count). The molecule has 0 saturated heterocycles. The number of aryl methyl sites for hydroxylation is 1. The fraction of sp³-hybridized carbons (Fsp3) is 0.387. The lowest BCUT2D eigenvalue weighted by atomic mass is 9.83. The SMILES string of the molecule is C=C1CCCC(c2nc(Cc3c(C)cc(OCc4ccccc4)c(C)c3C)ccc2OCOC)C1. The summed E-state index contributed by atoms with van der Waals surface area (Å²) >= 11 is 0. The van der Waals surface area contributed by atoms with Gasteiger partial charge in [0.1, 0.15) is 18.1 Å². The molecule has 1 aromatic heterocycles. The molecule has 35 heavy (non-hydrogen) atoms. The van der Waals surface area contributed by atoms with E-state index in [9.17, 15) is 0 Å². The van der Waals surface area contributed by atoms with Crippen molar-refractivity contribution in [3.63, 3.8) is 0 Å². The first-order valence-electron chi connectivity index (χ1n) is 12.5. The first-order chi connectivity index (χ1) is 17.0. The highest BCUT2D eigenvalue weighted by atomic mass is 16.7. The Morgan fingerprint density at radius 1 is 0.971 bits per heavy atom. The molecule has 0 spiro atoms. The molecular weight excluding hydrogens is 434 g/mol. The van der Waals surface area contributed by atoms with Crippen molar-refractivity contribution in [2.24, 2.45) is 0 Å². The number of benzene rings is 2. The number of aromatic nitrogens is 1. The van der Waals surface area contributed by atoms with Gasteiger partial charge in [-0.05, 0) is 92.5 Å². The molecule has 184 valence electrons. The zero-order valence-corrected chi connectivity index (χ0v) is 21.5. The minimum absolute atomic E-state index is 0.226. The number of allylic oxidation sites excluding steroid dienone is 1. The second-order valence-electron chi connectivity index (χ2n) is 9.65. The van der Waals surface area contributed by atoms with E-state index in [1.54, 1.807) is 7.11 Å². The van der Waals surface area contributed by atoms with Gasteiger partial charge in [0.05, 0.1) is 5.69 Å². The molecule has 0 radical (unpaired) electrons. The molecule has 0 amide bonds. The maximum absolute atomic E-state index is 6.20. The van der Waals surface area contributed by atoms with Crippen molar-refractivity contribution in [3.8, 4) is 11.5 Å². The summed E-state index contributed by atoms with van der Waals surface area (Å²) in [5.74, 6) is 2.12. The van der Waals surface area contributed by atoms with Crippen molar-refractivity contribution in [2.75, 3.05) is 13.9 Å². The number of nitrogens with zero attached hydrogens (tertiary/aromatic N) is 1. The Balaban J connectivity index is 1.58. The van der Waals surface area contributed by atoms with E-state index >= 15 is 0 Å². The van der Waals surface area contributed by atoms with Crippen LogP contribution in [0.3, 0.4) is 0 Å². The second kappa shape index (κ2) is 11.5. The van der Waals surface area contributed by atoms with Crippen molar-refractivity contribution in [1.82, 2.24) is 4.98 Å². The molecule has 0 aliphatic heterocycles. The average Bonchev–Trinajstić information content (AvgIpc) is 2.87. The van der Waals surface area contributed by atoms with Gasteiger partial charge < -0.3 is 14.2 Å². The molecule has 4 nitrogen and oxygen atoms in total. The van der Waals surface area contributed by atoms with E-state index in [-0.39, 0.29) is 6.79 Å². The summed E-state index contributed by atoms with van der Waals surface area (Å²) in [6.45, 7) is 11.5. The Kier molecular flexibility index (Phi) is 8.25. The van der Waals surface area contributed by atoms with Gasteiger partial charge in [0.25, 0.3) is 0 Å². The molecule has 3 aromatic rings.